The standard InChI is InChI=1S/C10H9ClOS2/c1-6-2-3-8(14-6)9(12)10-7(11)4-5-13-10/h2-5,9,12H,1H3. The summed E-state index contributed by atoms with van der Waals surface area (Å²) in [4.78, 5) is 2.98. The summed E-state index contributed by atoms with van der Waals surface area (Å²) >= 11 is 9.03. The molecule has 2 aromatic rings. The third-order valence-corrected chi connectivity index (χ3v) is 4.39. The van der Waals surface area contributed by atoms with E-state index >= 15 is 0 Å². The van der Waals surface area contributed by atoms with Crippen molar-refractivity contribution in [3.05, 3.63) is 43.2 Å². The molecule has 2 heterocycles. The first-order valence-corrected chi connectivity index (χ1v) is 6.23. The van der Waals surface area contributed by atoms with E-state index in [9.17, 15) is 5.11 Å². The molecule has 0 aromatic carbocycles. The minimum Gasteiger partial charge on any atom is -0.382 e. The number of hydrogen-bond donors (Lipinski definition) is 1. The Morgan fingerprint density at radius 2 is 2.14 bits per heavy atom. The molecule has 0 fully saturated rings. The molecule has 1 N–H and O–H groups in total. The molecule has 0 saturated heterocycles. The first-order chi connectivity index (χ1) is 6.68. The summed E-state index contributed by atoms with van der Waals surface area (Å²) in [7, 11) is 0. The lowest BCUT2D eigenvalue weighted by Gasteiger charge is -2.05. The largest absolute Gasteiger partial charge is 0.382 e. The average Bonchev–Trinajstić information content (AvgIpc) is 2.73. The summed E-state index contributed by atoms with van der Waals surface area (Å²) in [5, 5.41) is 12.5. The molecule has 4 heteroatoms. The van der Waals surface area contributed by atoms with E-state index in [0.29, 0.717) is 5.02 Å². The molecule has 0 aliphatic carbocycles. The molecular weight excluding hydrogens is 236 g/mol. The number of rotatable bonds is 2. The highest BCUT2D eigenvalue weighted by Gasteiger charge is 2.16. The first-order valence-electron chi connectivity index (χ1n) is 4.16. The maximum absolute atomic E-state index is 10.0. The van der Waals surface area contributed by atoms with Gasteiger partial charge in [-0.1, -0.05) is 11.6 Å². The molecule has 1 atom stereocenters. The van der Waals surface area contributed by atoms with Crippen LogP contribution >= 0.6 is 34.3 Å². The number of aliphatic hydroxyl groups is 1. The number of aliphatic hydroxyl groups excluding tert-OH is 1. The summed E-state index contributed by atoms with van der Waals surface area (Å²) in [6.07, 6.45) is -0.568. The van der Waals surface area contributed by atoms with Crippen LogP contribution in [0.15, 0.2) is 23.6 Å². The molecule has 0 bridgehead atoms. The summed E-state index contributed by atoms with van der Waals surface area (Å²) in [6.45, 7) is 2.02. The predicted octanol–water partition coefficient (Wildman–Crippen LogP) is 3.85. The van der Waals surface area contributed by atoms with Gasteiger partial charge in [0.15, 0.2) is 0 Å². The maximum atomic E-state index is 10.0. The normalized spacial score (nSPS) is 13.1. The minimum atomic E-state index is -0.568. The van der Waals surface area contributed by atoms with E-state index in [1.54, 1.807) is 11.3 Å². The summed E-state index contributed by atoms with van der Waals surface area (Å²) in [6, 6.07) is 5.76. The van der Waals surface area contributed by atoms with E-state index in [0.717, 1.165) is 9.75 Å². The molecule has 14 heavy (non-hydrogen) atoms. The molecule has 1 unspecified atom stereocenters. The monoisotopic (exact) mass is 244 g/mol. The first kappa shape index (κ1) is 10.2. The van der Waals surface area contributed by atoms with Gasteiger partial charge in [-0.3, -0.25) is 0 Å². The number of thiophene rings is 2. The van der Waals surface area contributed by atoms with Gasteiger partial charge in [0.2, 0.25) is 0 Å². The van der Waals surface area contributed by atoms with Crippen LogP contribution in [0.3, 0.4) is 0 Å². The number of aryl methyl sites for hydroxylation is 1. The zero-order valence-electron chi connectivity index (χ0n) is 7.53. The van der Waals surface area contributed by atoms with E-state index in [-0.39, 0.29) is 0 Å². The Bertz CT molecular complexity index is 433. The lowest BCUT2D eigenvalue weighted by molar-refractivity contribution is 0.228. The van der Waals surface area contributed by atoms with Gasteiger partial charge < -0.3 is 5.11 Å². The molecule has 2 aromatic heterocycles. The zero-order chi connectivity index (χ0) is 10.1. The van der Waals surface area contributed by atoms with Gasteiger partial charge in [-0.2, -0.15) is 0 Å². The van der Waals surface area contributed by atoms with Gasteiger partial charge >= 0.3 is 0 Å². The van der Waals surface area contributed by atoms with Crippen molar-refractivity contribution in [1.82, 2.24) is 0 Å². The number of halogens is 1. The van der Waals surface area contributed by atoms with Crippen molar-refractivity contribution in [3.63, 3.8) is 0 Å². The molecule has 0 radical (unpaired) electrons. The van der Waals surface area contributed by atoms with Gasteiger partial charge in [0.25, 0.3) is 0 Å². The Labute approximate surface area is 95.6 Å². The average molecular weight is 245 g/mol. The van der Waals surface area contributed by atoms with Crippen molar-refractivity contribution in [3.8, 4) is 0 Å². The second-order valence-electron chi connectivity index (χ2n) is 2.98. The summed E-state index contributed by atoms with van der Waals surface area (Å²) in [5.41, 5.74) is 0. The topological polar surface area (TPSA) is 20.2 Å². The highest BCUT2D eigenvalue weighted by Crippen LogP contribution is 2.35. The van der Waals surface area contributed by atoms with Gasteiger partial charge in [-0.15, -0.1) is 22.7 Å². The number of hydrogen-bond acceptors (Lipinski definition) is 3. The SMILES string of the molecule is Cc1ccc(C(O)c2sccc2Cl)s1. The van der Waals surface area contributed by atoms with Crippen LogP contribution in [0.4, 0.5) is 0 Å². The molecule has 74 valence electrons. The van der Waals surface area contributed by atoms with Crippen molar-refractivity contribution in [1.29, 1.82) is 0 Å². The van der Waals surface area contributed by atoms with Gasteiger partial charge in [-0.25, -0.2) is 0 Å². The van der Waals surface area contributed by atoms with Crippen LogP contribution in [0.2, 0.25) is 5.02 Å². The lowest BCUT2D eigenvalue weighted by atomic mass is 10.2. The quantitative estimate of drug-likeness (QED) is 0.851. The second kappa shape index (κ2) is 4.03. The van der Waals surface area contributed by atoms with Gasteiger partial charge in [-0.05, 0) is 30.5 Å². The van der Waals surface area contributed by atoms with Crippen LogP contribution in [0, 0.1) is 6.92 Å². The van der Waals surface area contributed by atoms with Crippen molar-refractivity contribution in [2.24, 2.45) is 0 Å². The molecule has 0 aliphatic heterocycles. The third kappa shape index (κ3) is 1.86. The van der Waals surface area contributed by atoms with Gasteiger partial charge in [0, 0.05) is 9.75 Å². The Morgan fingerprint density at radius 1 is 1.36 bits per heavy atom. The molecule has 0 aliphatic rings. The second-order valence-corrected chi connectivity index (χ2v) is 5.66. The van der Waals surface area contributed by atoms with Crippen LogP contribution in [0.1, 0.15) is 20.7 Å². The van der Waals surface area contributed by atoms with Crippen LogP contribution in [-0.4, -0.2) is 5.11 Å². The van der Waals surface area contributed by atoms with E-state index < -0.39 is 6.10 Å². The fourth-order valence-corrected chi connectivity index (χ4v) is 3.34. The molecule has 0 amide bonds. The lowest BCUT2D eigenvalue weighted by Crippen LogP contribution is -1.93. The third-order valence-electron chi connectivity index (χ3n) is 1.92. The van der Waals surface area contributed by atoms with Gasteiger partial charge in [0.05, 0.1) is 9.90 Å². The van der Waals surface area contributed by atoms with Crippen molar-refractivity contribution in [2.75, 3.05) is 0 Å². The van der Waals surface area contributed by atoms with E-state index in [4.69, 9.17) is 11.6 Å². The Balaban J connectivity index is 2.33. The maximum Gasteiger partial charge on any atom is 0.124 e. The Hall–Kier alpha value is -0.350. The van der Waals surface area contributed by atoms with Crippen molar-refractivity contribution >= 4 is 34.3 Å². The van der Waals surface area contributed by atoms with Crippen LogP contribution in [0.5, 0.6) is 0 Å². The smallest absolute Gasteiger partial charge is 0.124 e. The molecule has 2 rings (SSSR count). The van der Waals surface area contributed by atoms with Crippen LogP contribution in [-0.2, 0) is 0 Å². The molecule has 0 saturated carbocycles. The Kier molecular flexibility index (Phi) is 2.93. The summed E-state index contributed by atoms with van der Waals surface area (Å²) in [5.74, 6) is 0. The fraction of sp³-hybridized carbons (Fsp3) is 0.200. The van der Waals surface area contributed by atoms with E-state index in [2.05, 4.69) is 0 Å². The highest BCUT2D eigenvalue weighted by atomic mass is 35.5. The predicted molar refractivity (Wildman–Crippen MR) is 62.4 cm³/mol. The van der Waals surface area contributed by atoms with Crippen molar-refractivity contribution < 1.29 is 5.11 Å². The van der Waals surface area contributed by atoms with Crippen molar-refractivity contribution in [2.45, 2.75) is 13.0 Å². The summed E-state index contributed by atoms with van der Waals surface area (Å²) < 4.78 is 0. The van der Waals surface area contributed by atoms with E-state index in [1.165, 1.54) is 16.2 Å². The van der Waals surface area contributed by atoms with Crippen LogP contribution < -0.4 is 0 Å². The van der Waals surface area contributed by atoms with E-state index in [1.807, 2.05) is 30.5 Å². The molecular formula is C10H9ClOS2. The van der Waals surface area contributed by atoms with Crippen LogP contribution in [0.25, 0.3) is 0 Å². The minimum absolute atomic E-state index is 0.568. The zero-order valence-corrected chi connectivity index (χ0v) is 9.92. The van der Waals surface area contributed by atoms with Gasteiger partial charge in [0.1, 0.15) is 6.10 Å². The highest BCUT2D eigenvalue weighted by molar-refractivity contribution is 7.13. The fourth-order valence-electron chi connectivity index (χ4n) is 1.23. The molecule has 1 nitrogen and oxygen atoms in total. The Morgan fingerprint density at radius 3 is 2.64 bits per heavy atom. The molecule has 0 spiro atoms.